The average Bonchev–Trinajstić information content (AvgIpc) is 3.11. The molecule has 3 aromatic rings. The molecule has 0 radical (unpaired) electrons. The van der Waals surface area contributed by atoms with Gasteiger partial charge in [0, 0.05) is 25.7 Å². The zero-order valence-electron chi connectivity index (χ0n) is 19.6. The Labute approximate surface area is 201 Å². The number of fused-ring (bicyclic) bond motifs is 2. The van der Waals surface area contributed by atoms with E-state index in [1.807, 2.05) is 24.3 Å². The van der Waals surface area contributed by atoms with Gasteiger partial charge in [0.1, 0.15) is 5.75 Å². The molecule has 3 aromatic carbocycles. The van der Waals surface area contributed by atoms with E-state index in [0.29, 0.717) is 28.7 Å². The van der Waals surface area contributed by atoms with Gasteiger partial charge in [-0.25, -0.2) is 0 Å². The van der Waals surface area contributed by atoms with E-state index >= 15 is 0 Å². The third-order valence-corrected chi connectivity index (χ3v) is 7.48. The first-order chi connectivity index (χ1) is 16.6. The van der Waals surface area contributed by atoms with Crippen molar-refractivity contribution < 1.29 is 14.6 Å². The fraction of sp³-hybridized carbons (Fsp3) is 0.345. The lowest BCUT2D eigenvalue weighted by Crippen LogP contribution is -2.56. The molecule has 3 atom stereocenters. The molecule has 1 saturated carbocycles. The van der Waals surface area contributed by atoms with Crippen LogP contribution < -0.4 is 10.1 Å². The second kappa shape index (κ2) is 9.61. The maximum atomic E-state index is 13.8. The van der Waals surface area contributed by atoms with Crippen molar-refractivity contribution in [3.05, 3.63) is 102 Å². The number of carbonyl (C=O) groups excluding carboxylic acids is 1. The van der Waals surface area contributed by atoms with Gasteiger partial charge in [-0.2, -0.15) is 0 Å². The number of ether oxygens (including phenoxy) is 1. The number of aliphatic hydroxyl groups is 1. The second-order valence-corrected chi connectivity index (χ2v) is 9.58. The van der Waals surface area contributed by atoms with Crippen LogP contribution >= 0.6 is 0 Å². The second-order valence-electron chi connectivity index (χ2n) is 9.58. The predicted octanol–water partition coefficient (Wildman–Crippen LogP) is 3.96. The zero-order chi connectivity index (χ0) is 23.5. The molecule has 3 unspecified atom stereocenters. The quantitative estimate of drug-likeness (QED) is 0.565. The molecule has 1 amide bonds. The SMILES string of the molecule is COc1ccc(C(O)(C(=O)NC2C3CCC2CN(Cc2ccccc2)C3)c2ccccc2)cc1. The fourth-order valence-electron chi connectivity index (χ4n) is 5.72. The zero-order valence-corrected chi connectivity index (χ0v) is 19.6. The van der Waals surface area contributed by atoms with E-state index in [2.05, 4.69) is 34.5 Å². The Bertz CT molecular complexity index is 1090. The number of carbonyl (C=O) groups is 1. The highest BCUT2D eigenvalue weighted by Crippen LogP contribution is 2.39. The maximum Gasteiger partial charge on any atom is 0.261 e. The number of amides is 1. The number of benzene rings is 3. The molecule has 1 aliphatic carbocycles. The first-order valence-corrected chi connectivity index (χ1v) is 12.1. The molecule has 5 heteroatoms. The van der Waals surface area contributed by atoms with E-state index in [9.17, 15) is 9.90 Å². The highest BCUT2D eigenvalue weighted by Gasteiger charge is 2.47. The highest BCUT2D eigenvalue weighted by atomic mass is 16.5. The van der Waals surface area contributed by atoms with Gasteiger partial charge in [0.2, 0.25) is 0 Å². The minimum Gasteiger partial charge on any atom is -0.497 e. The van der Waals surface area contributed by atoms with E-state index in [-0.39, 0.29) is 11.9 Å². The Hall–Kier alpha value is -3.15. The number of methoxy groups -OCH3 is 1. The van der Waals surface area contributed by atoms with Crippen molar-refractivity contribution in [2.24, 2.45) is 11.8 Å². The van der Waals surface area contributed by atoms with Crippen molar-refractivity contribution in [1.82, 2.24) is 10.2 Å². The summed E-state index contributed by atoms with van der Waals surface area (Å²) in [5.74, 6) is 1.11. The summed E-state index contributed by atoms with van der Waals surface area (Å²) in [4.78, 5) is 16.3. The molecular formula is C29H32N2O3. The van der Waals surface area contributed by atoms with Gasteiger partial charge in [0.25, 0.3) is 5.91 Å². The molecule has 2 N–H and O–H groups in total. The largest absolute Gasteiger partial charge is 0.497 e. The van der Waals surface area contributed by atoms with Crippen LogP contribution in [-0.4, -0.2) is 42.2 Å². The monoisotopic (exact) mass is 456 g/mol. The summed E-state index contributed by atoms with van der Waals surface area (Å²) in [6, 6.07) is 26.9. The molecule has 2 aliphatic rings. The summed E-state index contributed by atoms with van der Waals surface area (Å²) in [6.07, 6.45) is 2.21. The normalized spacial score (nSPS) is 23.8. The first-order valence-electron chi connectivity index (χ1n) is 12.1. The molecule has 0 aromatic heterocycles. The van der Waals surface area contributed by atoms with Crippen LogP contribution in [-0.2, 0) is 16.9 Å². The van der Waals surface area contributed by atoms with E-state index < -0.39 is 5.60 Å². The van der Waals surface area contributed by atoms with Gasteiger partial charge >= 0.3 is 0 Å². The summed E-state index contributed by atoms with van der Waals surface area (Å²) < 4.78 is 5.27. The van der Waals surface area contributed by atoms with Crippen LogP contribution in [0.5, 0.6) is 5.75 Å². The number of nitrogens with one attached hydrogen (secondary N) is 1. The Morgan fingerprint density at radius 3 is 2.06 bits per heavy atom. The van der Waals surface area contributed by atoms with Crippen molar-refractivity contribution in [2.75, 3.05) is 20.2 Å². The first kappa shape index (κ1) is 22.6. The van der Waals surface area contributed by atoms with E-state index in [1.165, 1.54) is 5.56 Å². The third kappa shape index (κ3) is 4.33. The van der Waals surface area contributed by atoms with Gasteiger partial charge in [-0.05, 0) is 53.5 Å². The number of hydrogen-bond donors (Lipinski definition) is 2. The molecule has 1 heterocycles. The van der Waals surface area contributed by atoms with Gasteiger partial charge in [-0.15, -0.1) is 0 Å². The van der Waals surface area contributed by atoms with E-state index in [1.54, 1.807) is 43.5 Å². The fourth-order valence-corrected chi connectivity index (χ4v) is 5.72. The van der Waals surface area contributed by atoms with Crippen LogP contribution in [0.4, 0.5) is 0 Å². The summed E-state index contributed by atoms with van der Waals surface area (Å²) in [7, 11) is 1.60. The van der Waals surface area contributed by atoms with Gasteiger partial charge < -0.3 is 15.2 Å². The van der Waals surface area contributed by atoms with Crippen LogP contribution in [0.25, 0.3) is 0 Å². The van der Waals surface area contributed by atoms with Crippen molar-refractivity contribution in [3.8, 4) is 5.75 Å². The topological polar surface area (TPSA) is 61.8 Å². The molecule has 176 valence electrons. The number of hydrogen-bond acceptors (Lipinski definition) is 4. The van der Waals surface area contributed by atoms with Crippen molar-refractivity contribution in [1.29, 1.82) is 0 Å². The number of piperidine rings is 1. The Morgan fingerprint density at radius 1 is 0.912 bits per heavy atom. The van der Waals surface area contributed by atoms with Crippen molar-refractivity contribution >= 4 is 5.91 Å². The van der Waals surface area contributed by atoms with Crippen LogP contribution in [0.15, 0.2) is 84.9 Å². The Balaban J connectivity index is 1.36. The van der Waals surface area contributed by atoms with Gasteiger partial charge in [-0.1, -0.05) is 72.8 Å². The lowest BCUT2D eigenvalue weighted by molar-refractivity contribution is -0.138. The Morgan fingerprint density at radius 2 is 1.47 bits per heavy atom. The van der Waals surface area contributed by atoms with E-state index in [4.69, 9.17) is 4.74 Å². The Kier molecular flexibility index (Phi) is 6.40. The van der Waals surface area contributed by atoms with Crippen LogP contribution in [0, 0.1) is 11.8 Å². The highest BCUT2D eigenvalue weighted by molar-refractivity contribution is 5.90. The number of likely N-dealkylation sites (tertiary alicyclic amines) is 1. The molecule has 5 rings (SSSR count). The summed E-state index contributed by atoms with van der Waals surface area (Å²) >= 11 is 0. The maximum absolute atomic E-state index is 13.8. The van der Waals surface area contributed by atoms with Gasteiger partial charge in [0.05, 0.1) is 7.11 Å². The van der Waals surface area contributed by atoms with Crippen LogP contribution in [0.3, 0.4) is 0 Å². The number of rotatable bonds is 7. The van der Waals surface area contributed by atoms with Gasteiger partial charge in [0.15, 0.2) is 5.60 Å². The standard InChI is InChI=1S/C29H32N2O3/c1-34-26-16-14-25(15-17-26)29(33,24-10-6-3-7-11-24)28(32)30-27-22-12-13-23(27)20-31(19-22)18-21-8-4-2-5-9-21/h2-11,14-17,22-23,27,33H,12-13,18-20H2,1H3,(H,30,32). The molecular weight excluding hydrogens is 424 g/mol. The third-order valence-electron chi connectivity index (χ3n) is 7.48. The van der Waals surface area contributed by atoms with Crippen LogP contribution in [0.2, 0.25) is 0 Å². The minimum atomic E-state index is -1.77. The molecule has 1 aliphatic heterocycles. The van der Waals surface area contributed by atoms with Gasteiger partial charge in [-0.3, -0.25) is 9.69 Å². The van der Waals surface area contributed by atoms with Crippen LogP contribution in [0.1, 0.15) is 29.5 Å². The minimum absolute atomic E-state index is 0.0769. The molecule has 1 saturated heterocycles. The predicted molar refractivity (Wildman–Crippen MR) is 132 cm³/mol. The molecule has 34 heavy (non-hydrogen) atoms. The lowest BCUT2D eigenvalue weighted by atomic mass is 9.84. The summed E-state index contributed by atoms with van der Waals surface area (Å²) in [5, 5.41) is 15.2. The molecule has 0 spiro atoms. The molecule has 2 fully saturated rings. The van der Waals surface area contributed by atoms with Crippen molar-refractivity contribution in [3.63, 3.8) is 0 Å². The molecule has 5 nitrogen and oxygen atoms in total. The molecule has 2 bridgehead atoms. The summed E-state index contributed by atoms with van der Waals surface area (Å²) in [6.45, 7) is 2.86. The van der Waals surface area contributed by atoms with E-state index in [0.717, 1.165) is 32.5 Å². The summed E-state index contributed by atoms with van der Waals surface area (Å²) in [5.41, 5.74) is 0.647. The lowest BCUT2D eigenvalue weighted by Gasteiger charge is -2.40. The average molecular weight is 457 g/mol. The van der Waals surface area contributed by atoms with Crippen molar-refractivity contribution in [2.45, 2.75) is 31.0 Å². The number of nitrogens with zero attached hydrogens (tertiary/aromatic N) is 1. The smallest absolute Gasteiger partial charge is 0.261 e.